The van der Waals surface area contributed by atoms with E-state index in [4.69, 9.17) is 23.2 Å². The van der Waals surface area contributed by atoms with Gasteiger partial charge in [0.15, 0.2) is 0 Å². The van der Waals surface area contributed by atoms with Gasteiger partial charge in [0.05, 0.1) is 0 Å². The zero-order valence-corrected chi connectivity index (χ0v) is 13.2. The topological polar surface area (TPSA) is 58.2 Å². The van der Waals surface area contributed by atoms with Crippen LogP contribution in [0.15, 0.2) is 0 Å². The molecule has 0 saturated heterocycles. The first-order chi connectivity index (χ1) is 8.70. The van der Waals surface area contributed by atoms with Crippen LogP contribution in [0.4, 0.5) is 0 Å². The Morgan fingerprint density at radius 3 is 1.56 bits per heavy atom. The average molecular weight is 333 g/mol. The fraction of sp³-hybridized carbons (Fsp3) is 0.800. The number of carbonyl (C=O) groups is 2. The minimum absolute atomic E-state index is 0.0172. The van der Waals surface area contributed by atoms with Crippen LogP contribution < -0.4 is 10.6 Å². The van der Waals surface area contributed by atoms with E-state index in [1.165, 1.54) is 0 Å². The van der Waals surface area contributed by atoms with Crippen molar-refractivity contribution >= 4 is 56.6 Å². The molecule has 0 aromatic carbocycles. The van der Waals surface area contributed by atoms with E-state index in [0.29, 0.717) is 37.7 Å². The molecule has 2 amide bonds. The second-order valence-electron chi connectivity index (χ2n) is 3.22. The van der Waals surface area contributed by atoms with Gasteiger partial charge in [-0.2, -0.15) is 0 Å². The van der Waals surface area contributed by atoms with E-state index in [2.05, 4.69) is 10.6 Å². The summed E-state index contributed by atoms with van der Waals surface area (Å²) < 4.78 is 0. The van der Waals surface area contributed by atoms with Gasteiger partial charge in [0.2, 0.25) is 11.8 Å². The predicted molar refractivity (Wildman–Crippen MR) is 81.6 cm³/mol. The molecule has 0 radical (unpaired) electrons. The highest BCUT2D eigenvalue weighted by molar-refractivity contribution is 8.76. The molecule has 106 valence electrons. The molecule has 0 spiro atoms. The lowest BCUT2D eigenvalue weighted by molar-refractivity contribution is -0.121. The largest absolute Gasteiger partial charge is 0.355 e. The number of amides is 2. The van der Waals surface area contributed by atoms with Crippen molar-refractivity contribution in [2.45, 2.75) is 12.8 Å². The molecule has 0 saturated carbocycles. The summed E-state index contributed by atoms with van der Waals surface area (Å²) in [6, 6.07) is 0. The number of carbonyl (C=O) groups excluding carboxylic acids is 2. The summed E-state index contributed by atoms with van der Waals surface area (Å²) in [7, 11) is 3.20. The maximum atomic E-state index is 11.2. The van der Waals surface area contributed by atoms with Crippen LogP contribution in [0.25, 0.3) is 0 Å². The lowest BCUT2D eigenvalue weighted by atomic mass is 10.4. The maximum absolute atomic E-state index is 11.2. The molecule has 0 aromatic heterocycles. The monoisotopic (exact) mass is 332 g/mol. The van der Waals surface area contributed by atoms with Crippen molar-refractivity contribution in [2.75, 3.05) is 36.4 Å². The van der Waals surface area contributed by atoms with Crippen LogP contribution in [-0.2, 0) is 9.59 Å². The van der Waals surface area contributed by atoms with Gasteiger partial charge in [-0.05, 0) is 0 Å². The van der Waals surface area contributed by atoms with Crippen molar-refractivity contribution in [3.63, 3.8) is 0 Å². The molecule has 4 nitrogen and oxygen atoms in total. The van der Waals surface area contributed by atoms with E-state index in [1.807, 2.05) is 0 Å². The Labute approximate surface area is 126 Å². The molecular weight excluding hydrogens is 315 g/mol. The highest BCUT2D eigenvalue weighted by Crippen LogP contribution is 2.22. The molecule has 18 heavy (non-hydrogen) atoms. The van der Waals surface area contributed by atoms with Gasteiger partial charge in [0, 0.05) is 49.2 Å². The third kappa shape index (κ3) is 12.7. The molecule has 0 unspecified atom stereocenters. The van der Waals surface area contributed by atoms with E-state index in [0.717, 1.165) is 11.5 Å². The van der Waals surface area contributed by atoms with E-state index in [1.54, 1.807) is 21.6 Å². The Kier molecular flexibility index (Phi) is 13.8. The second-order valence-corrected chi connectivity index (χ2v) is 6.68. The minimum atomic E-state index is 0.0172. The molecule has 0 atom stereocenters. The molecule has 2 N–H and O–H groups in total. The Morgan fingerprint density at radius 2 is 1.22 bits per heavy atom. The first-order valence-electron chi connectivity index (χ1n) is 5.60. The SMILES string of the molecule is O=C(CCSSCCC(=O)NCCCl)NCCCl. The normalized spacial score (nSPS) is 10.1. The van der Waals surface area contributed by atoms with Crippen molar-refractivity contribution < 1.29 is 9.59 Å². The summed E-state index contributed by atoms with van der Waals surface area (Å²) >= 11 is 10.9. The van der Waals surface area contributed by atoms with Gasteiger partial charge in [-0.1, -0.05) is 21.6 Å². The smallest absolute Gasteiger partial charge is 0.220 e. The number of hydrogen-bond acceptors (Lipinski definition) is 4. The maximum Gasteiger partial charge on any atom is 0.220 e. The molecule has 0 fully saturated rings. The van der Waals surface area contributed by atoms with E-state index < -0.39 is 0 Å². The zero-order valence-electron chi connectivity index (χ0n) is 10.0. The molecule has 8 heteroatoms. The molecule has 0 aliphatic rings. The van der Waals surface area contributed by atoms with Gasteiger partial charge < -0.3 is 10.6 Å². The van der Waals surface area contributed by atoms with Gasteiger partial charge >= 0.3 is 0 Å². The van der Waals surface area contributed by atoms with Gasteiger partial charge in [0.25, 0.3) is 0 Å². The van der Waals surface area contributed by atoms with Crippen molar-refractivity contribution in [1.29, 1.82) is 0 Å². The summed E-state index contributed by atoms with van der Waals surface area (Å²) in [6.45, 7) is 1.03. The van der Waals surface area contributed by atoms with Crippen LogP contribution in [0, 0.1) is 0 Å². The van der Waals surface area contributed by atoms with Gasteiger partial charge in [-0.3, -0.25) is 9.59 Å². The van der Waals surface area contributed by atoms with Gasteiger partial charge in [0.1, 0.15) is 0 Å². The number of halogens is 2. The fourth-order valence-corrected chi connectivity index (χ4v) is 3.11. The molecular formula is C10H18Cl2N2O2S2. The van der Waals surface area contributed by atoms with E-state index in [-0.39, 0.29) is 11.8 Å². The van der Waals surface area contributed by atoms with E-state index >= 15 is 0 Å². The Bertz CT molecular complexity index is 222. The standard InChI is InChI=1S/C10H18Cl2N2O2S2/c11-3-5-13-9(15)1-7-17-18-8-2-10(16)14-6-4-12/h1-8H2,(H,13,15)(H,14,16). The number of nitrogens with one attached hydrogen (secondary N) is 2. The summed E-state index contributed by atoms with van der Waals surface area (Å²) in [4.78, 5) is 22.4. The molecule has 0 bridgehead atoms. The fourth-order valence-electron chi connectivity index (χ4n) is 0.937. The van der Waals surface area contributed by atoms with Crippen LogP contribution in [0.1, 0.15) is 12.8 Å². The highest BCUT2D eigenvalue weighted by Gasteiger charge is 2.02. The third-order valence-electron chi connectivity index (χ3n) is 1.74. The molecule has 0 aliphatic heterocycles. The Hall–Kier alpha value is 0.220. The predicted octanol–water partition coefficient (Wildman–Crippen LogP) is 1.86. The lowest BCUT2D eigenvalue weighted by Crippen LogP contribution is -2.25. The molecule has 0 aromatic rings. The summed E-state index contributed by atoms with van der Waals surface area (Å²) in [5.41, 5.74) is 0. The number of alkyl halides is 2. The number of rotatable bonds is 11. The Morgan fingerprint density at radius 1 is 0.833 bits per heavy atom. The van der Waals surface area contributed by atoms with Crippen molar-refractivity contribution in [2.24, 2.45) is 0 Å². The lowest BCUT2D eigenvalue weighted by Gasteiger charge is -2.03. The highest BCUT2D eigenvalue weighted by atomic mass is 35.5. The first-order valence-corrected chi connectivity index (χ1v) is 9.16. The van der Waals surface area contributed by atoms with E-state index in [9.17, 15) is 9.59 Å². The van der Waals surface area contributed by atoms with Crippen LogP contribution in [0.3, 0.4) is 0 Å². The van der Waals surface area contributed by atoms with Gasteiger partial charge in [-0.25, -0.2) is 0 Å². The van der Waals surface area contributed by atoms with Crippen LogP contribution in [0.5, 0.6) is 0 Å². The van der Waals surface area contributed by atoms with Crippen molar-refractivity contribution in [3.8, 4) is 0 Å². The molecule has 0 rings (SSSR count). The summed E-state index contributed by atoms with van der Waals surface area (Å²) in [5.74, 6) is 2.38. The van der Waals surface area contributed by atoms with Crippen molar-refractivity contribution in [1.82, 2.24) is 10.6 Å². The number of hydrogen-bond donors (Lipinski definition) is 2. The third-order valence-corrected chi connectivity index (χ3v) is 4.53. The first kappa shape index (κ1) is 18.2. The average Bonchev–Trinajstić information content (AvgIpc) is 2.37. The van der Waals surface area contributed by atoms with Gasteiger partial charge in [-0.15, -0.1) is 23.2 Å². The van der Waals surface area contributed by atoms with Crippen molar-refractivity contribution in [3.05, 3.63) is 0 Å². The summed E-state index contributed by atoms with van der Waals surface area (Å²) in [5, 5.41) is 5.39. The van der Waals surface area contributed by atoms with Crippen LogP contribution in [-0.4, -0.2) is 48.2 Å². The second kappa shape index (κ2) is 13.6. The zero-order chi connectivity index (χ0) is 13.6. The van der Waals surface area contributed by atoms with Crippen LogP contribution >= 0.6 is 44.8 Å². The van der Waals surface area contributed by atoms with Crippen LogP contribution in [0.2, 0.25) is 0 Å². The molecule has 0 heterocycles. The summed E-state index contributed by atoms with van der Waals surface area (Å²) in [6.07, 6.45) is 0.958. The minimum Gasteiger partial charge on any atom is -0.355 e. The Balaban J connectivity index is 3.25. The quantitative estimate of drug-likeness (QED) is 0.344. The molecule has 0 aliphatic carbocycles.